The van der Waals surface area contributed by atoms with Crippen molar-refractivity contribution in [3.05, 3.63) is 29.8 Å². The number of nitrogens with two attached hydrogens (primary N) is 1. The van der Waals surface area contributed by atoms with Crippen LogP contribution < -0.4 is 15.8 Å². The molecule has 1 saturated carbocycles. The largest absolute Gasteiger partial charge is 0.496 e. The minimum atomic E-state index is 0.0483. The highest BCUT2D eigenvalue weighted by molar-refractivity contribution is 5.77. The molecule has 6 nitrogen and oxygen atoms in total. The van der Waals surface area contributed by atoms with Gasteiger partial charge >= 0.3 is 0 Å². The van der Waals surface area contributed by atoms with Crippen molar-refractivity contribution in [2.24, 2.45) is 10.7 Å². The Morgan fingerprint density at radius 1 is 1.26 bits per heavy atom. The van der Waals surface area contributed by atoms with Crippen LogP contribution in [-0.2, 0) is 10.2 Å². The van der Waals surface area contributed by atoms with Gasteiger partial charge in [0.25, 0.3) is 0 Å². The van der Waals surface area contributed by atoms with Crippen molar-refractivity contribution in [2.75, 3.05) is 53.0 Å². The van der Waals surface area contributed by atoms with E-state index in [1.807, 2.05) is 12.1 Å². The summed E-state index contributed by atoms with van der Waals surface area (Å²) in [7, 11) is 1.75. The van der Waals surface area contributed by atoms with E-state index in [0.29, 0.717) is 5.96 Å². The van der Waals surface area contributed by atoms with Crippen molar-refractivity contribution in [3.8, 4) is 5.75 Å². The molecule has 1 aliphatic heterocycles. The summed E-state index contributed by atoms with van der Waals surface area (Å²) in [6.07, 6.45) is 5.82. The number of morpholine rings is 1. The third kappa shape index (κ3) is 5.36. The molecule has 6 heteroatoms. The average Bonchev–Trinajstić information content (AvgIpc) is 3.20. The molecule has 0 amide bonds. The van der Waals surface area contributed by atoms with Crippen LogP contribution in [0.25, 0.3) is 0 Å². The first-order valence-electron chi connectivity index (χ1n) is 10.2. The fraction of sp³-hybridized carbons (Fsp3) is 0.667. The second-order valence-corrected chi connectivity index (χ2v) is 7.62. The number of hydrogen-bond donors (Lipinski definition) is 2. The molecular formula is C21H34N4O2. The molecule has 2 fully saturated rings. The van der Waals surface area contributed by atoms with Crippen molar-refractivity contribution < 1.29 is 9.47 Å². The van der Waals surface area contributed by atoms with Crippen LogP contribution in [0.4, 0.5) is 0 Å². The van der Waals surface area contributed by atoms with Crippen LogP contribution in [0.5, 0.6) is 5.75 Å². The molecule has 0 unspecified atom stereocenters. The molecule has 1 aromatic carbocycles. The molecule has 3 N–H and O–H groups in total. The van der Waals surface area contributed by atoms with Gasteiger partial charge in [0.05, 0.1) is 26.9 Å². The number of nitrogens with zero attached hydrogens (tertiary/aromatic N) is 2. The summed E-state index contributed by atoms with van der Waals surface area (Å²) < 4.78 is 11.0. The number of methoxy groups -OCH3 is 1. The highest BCUT2D eigenvalue weighted by Gasteiger charge is 2.37. The van der Waals surface area contributed by atoms with Gasteiger partial charge in [-0.25, -0.2) is 0 Å². The molecule has 0 radical (unpaired) electrons. The van der Waals surface area contributed by atoms with Gasteiger partial charge in [-0.1, -0.05) is 31.0 Å². The van der Waals surface area contributed by atoms with Crippen LogP contribution in [-0.4, -0.2) is 63.9 Å². The van der Waals surface area contributed by atoms with E-state index in [4.69, 9.17) is 20.2 Å². The smallest absolute Gasteiger partial charge is 0.188 e. The number of para-hydroxylation sites is 1. The lowest BCUT2D eigenvalue weighted by Crippen LogP contribution is -2.39. The fourth-order valence-corrected chi connectivity index (χ4v) is 4.28. The maximum Gasteiger partial charge on any atom is 0.188 e. The first-order valence-corrected chi connectivity index (χ1v) is 10.2. The van der Waals surface area contributed by atoms with Gasteiger partial charge in [0.15, 0.2) is 5.96 Å². The van der Waals surface area contributed by atoms with Crippen LogP contribution in [0.1, 0.15) is 37.7 Å². The van der Waals surface area contributed by atoms with Gasteiger partial charge in [0.1, 0.15) is 5.75 Å². The SMILES string of the molecule is COc1ccccc1C1(CN=C(N)NCCCN2CCOCC2)CCCC1. The Hall–Kier alpha value is -1.79. The van der Waals surface area contributed by atoms with Crippen LogP contribution in [0.2, 0.25) is 0 Å². The predicted octanol–water partition coefficient (Wildman–Crippen LogP) is 2.13. The van der Waals surface area contributed by atoms with Gasteiger partial charge in [0.2, 0.25) is 0 Å². The van der Waals surface area contributed by atoms with Gasteiger partial charge in [0, 0.05) is 30.6 Å². The van der Waals surface area contributed by atoms with Crippen LogP contribution in [0.3, 0.4) is 0 Å². The number of ether oxygens (including phenoxy) is 2. The van der Waals surface area contributed by atoms with Crippen molar-refractivity contribution in [1.82, 2.24) is 10.2 Å². The van der Waals surface area contributed by atoms with E-state index in [2.05, 4.69) is 22.3 Å². The number of rotatable bonds is 8. The maximum atomic E-state index is 6.15. The summed E-state index contributed by atoms with van der Waals surface area (Å²) in [5, 5.41) is 3.28. The molecule has 1 saturated heterocycles. The monoisotopic (exact) mass is 374 g/mol. The van der Waals surface area contributed by atoms with Gasteiger partial charge in [-0.2, -0.15) is 0 Å². The zero-order chi connectivity index (χ0) is 19.0. The van der Waals surface area contributed by atoms with Crippen molar-refractivity contribution in [3.63, 3.8) is 0 Å². The molecule has 0 bridgehead atoms. The molecular weight excluding hydrogens is 340 g/mol. The Bertz CT molecular complexity index is 608. The van der Waals surface area contributed by atoms with E-state index in [1.165, 1.54) is 18.4 Å². The number of benzene rings is 1. The molecule has 3 rings (SSSR count). The van der Waals surface area contributed by atoms with Crippen molar-refractivity contribution in [2.45, 2.75) is 37.5 Å². The molecule has 1 heterocycles. The lowest BCUT2D eigenvalue weighted by Gasteiger charge is -2.29. The third-order valence-electron chi connectivity index (χ3n) is 5.85. The summed E-state index contributed by atoms with van der Waals surface area (Å²) >= 11 is 0. The number of guanidine groups is 1. The summed E-state index contributed by atoms with van der Waals surface area (Å²) in [6.45, 7) is 6.42. The Morgan fingerprint density at radius 3 is 2.74 bits per heavy atom. The Balaban J connectivity index is 1.52. The van der Waals surface area contributed by atoms with Gasteiger partial charge < -0.3 is 20.5 Å². The topological polar surface area (TPSA) is 72.1 Å². The number of nitrogens with one attached hydrogen (secondary N) is 1. The Kier molecular flexibility index (Phi) is 7.35. The van der Waals surface area contributed by atoms with Gasteiger partial charge in [-0.15, -0.1) is 0 Å². The van der Waals surface area contributed by atoms with E-state index < -0.39 is 0 Å². The lowest BCUT2D eigenvalue weighted by molar-refractivity contribution is 0.0376. The second kappa shape index (κ2) is 9.95. The van der Waals surface area contributed by atoms with Gasteiger partial charge in [-0.05, 0) is 31.9 Å². The number of hydrogen-bond acceptors (Lipinski definition) is 4. The van der Waals surface area contributed by atoms with Crippen LogP contribution >= 0.6 is 0 Å². The molecule has 0 aromatic heterocycles. The maximum absolute atomic E-state index is 6.15. The van der Waals surface area contributed by atoms with Crippen LogP contribution in [0.15, 0.2) is 29.3 Å². The van der Waals surface area contributed by atoms with E-state index >= 15 is 0 Å². The Morgan fingerprint density at radius 2 is 2.00 bits per heavy atom. The fourth-order valence-electron chi connectivity index (χ4n) is 4.28. The molecule has 0 atom stereocenters. The Labute approximate surface area is 163 Å². The van der Waals surface area contributed by atoms with E-state index in [-0.39, 0.29) is 5.41 Å². The minimum absolute atomic E-state index is 0.0483. The summed E-state index contributed by atoms with van der Waals surface area (Å²) in [5.74, 6) is 1.52. The molecule has 150 valence electrons. The van der Waals surface area contributed by atoms with E-state index in [9.17, 15) is 0 Å². The highest BCUT2D eigenvalue weighted by Crippen LogP contribution is 2.44. The lowest BCUT2D eigenvalue weighted by atomic mass is 9.78. The molecule has 27 heavy (non-hydrogen) atoms. The zero-order valence-electron chi connectivity index (χ0n) is 16.6. The van der Waals surface area contributed by atoms with Crippen molar-refractivity contribution in [1.29, 1.82) is 0 Å². The summed E-state index contributed by atoms with van der Waals surface area (Å²) in [6, 6.07) is 8.35. The first kappa shape index (κ1) is 20.0. The molecule has 0 spiro atoms. The van der Waals surface area contributed by atoms with Gasteiger partial charge in [-0.3, -0.25) is 9.89 Å². The minimum Gasteiger partial charge on any atom is -0.496 e. The second-order valence-electron chi connectivity index (χ2n) is 7.62. The quantitative estimate of drug-likeness (QED) is 0.414. The highest BCUT2D eigenvalue weighted by atomic mass is 16.5. The standard InChI is InChI=1S/C21H34N4O2/c1-26-19-8-3-2-7-18(19)21(9-4-5-10-21)17-24-20(22)23-11-6-12-25-13-15-27-16-14-25/h2-3,7-8H,4-6,9-17H2,1H3,(H3,22,23,24). The molecule has 1 aliphatic carbocycles. The van der Waals surface area contributed by atoms with Crippen LogP contribution in [0, 0.1) is 0 Å². The number of aliphatic imine (C=N–C) groups is 1. The van der Waals surface area contributed by atoms with E-state index in [1.54, 1.807) is 7.11 Å². The zero-order valence-corrected chi connectivity index (χ0v) is 16.6. The first-order chi connectivity index (χ1) is 13.2. The summed E-state index contributed by atoms with van der Waals surface area (Å²) in [5.41, 5.74) is 7.47. The summed E-state index contributed by atoms with van der Waals surface area (Å²) in [4.78, 5) is 7.15. The molecule has 1 aromatic rings. The van der Waals surface area contributed by atoms with E-state index in [0.717, 1.165) is 70.9 Å². The molecule has 2 aliphatic rings. The third-order valence-corrected chi connectivity index (χ3v) is 5.85. The predicted molar refractivity (Wildman–Crippen MR) is 110 cm³/mol. The average molecular weight is 375 g/mol. The van der Waals surface area contributed by atoms with Crippen molar-refractivity contribution >= 4 is 5.96 Å². The normalized spacial score (nSPS) is 20.6.